The second-order valence-corrected chi connectivity index (χ2v) is 12.2. The summed E-state index contributed by atoms with van der Waals surface area (Å²) in [6.45, 7) is -0.499. The summed E-state index contributed by atoms with van der Waals surface area (Å²) < 4.78 is 44.4. The number of hydrogen-bond donors (Lipinski definition) is 2. The molecule has 2 unspecified atom stereocenters. The number of benzene rings is 3. The third-order valence-electron chi connectivity index (χ3n) is 7.23. The number of carbonyl (C=O) groups is 3. The van der Waals surface area contributed by atoms with Gasteiger partial charge in [-0.15, -0.1) is 0 Å². The lowest BCUT2D eigenvalue weighted by atomic mass is 9.83. The molecule has 1 saturated heterocycles. The first kappa shape index (κ1) is 30.1. The highest BCUT2D eigenvalue weighted by Gasteiger charge is 2.56. The van der Waals surface area contributed by atoms with Gasteiger partial charge < -0.3 is 15.0 Å². The number of alkyl halides is 3. The van der Waals surface area contributed by atoms with Gasteiger partial charge in [0.2, 0.25) is 11.8 Å². The molecule has 2 aliphatic heterocycles. The third-order valence-corrected chi connectivity index (χ3v) is 9.63. The second kappa shape index (κ2) is 11.5. The highest BCUT2D eigenvalue weighted by atomic mass is 32.2. The molecule has 230 valence electrons. The van der Waals surface area contributed by atoms with Crippen LogP contribution >= 0.6 is 23.1 Å². The van der Waals surface area contributed by atoms with Crippen LogP contribution in [0, 0.1) is 16.0 Å². The van der Waals surface area contributed by atoms with Crippen LogP contribution in [0.25, 0.3) is 0 Å². The van der Waals surface area contributed by atoms with E-state index in [1.165, 1.54) is 48.5 Å². The Morgan fingerprint density at radius 1 is 1.02 bits per heavy atom. The Balaban J connectivity index is 1.21. The van der Waals surface area contributed by atoms with Crippen molar-refractivity contribution in [2.75, 3.05) is 16.8 Å². The maximum Gasteiger partial charge on any atom is 0.416 e. The third kappa shape index (κ3) is 5.81. The number of rotatable bonds is 7. The summed E-state index contributed by atoms with van der Waals surface area (Å²) >= 11 is 2.01. The zero-order chi connectivity index (χ0) is 32.0. The Hall–Kier alpha value is -4.96. The molecule has 0 radical (unpaired) electrons. The Morgan fingerprint density at radius 2 is 1.73 bits per heavy atom. The number of hydrogen-bond acceptors (Lipinski definition) is 9. The number of amides is 3. The van der Waals surface area contributed by atoms with Crippen molar-refractivity contribution in [3.05, 3.63) is 109 Å². The number of thioether (sulfide) groups is 1. The Bertz CT molecular complexity index is 1890. The highest BCUT2D eigenvalue weighted by molar-refractivity contribution is 8.00. The van der Waals surface area contributed by atoms with Gasteiger partial charge in [-0.05, 0) is 48.0 Å². The summed E-state index contributed by atoms with van der Waals surface area (Å²) in [6, 6.07) is 15.6. The van der Waals surface area contributed by atoms with Gasteiger partial charge in [0.1, 0.15) is 11.0 Å². The van der Waals surface area contributed by atoms with E-state index in [-0.39, 0.29) is 27.7 Å². The number of halogens is 3. The number of ether oxygens (including phenoxy) is 1. The average Bonchev–Trinajstić information content (AvgIpc) is 3.50. The van der Waals surface area contributed by atoms with Gasteiger partial charge in [0.05, 0.1) is 27.1 Å². The molecule has 6 rings (SSSR count). The van der Waals surface area contributed by atoms with Crippen molar-refractivity contribution in [3.63, 3.8) is 0 Å². The van der Waals surface area contributed by atoms with Gasteiger partial charge in [0, 0.05) is 28.6 Å². The van der Waals surface area contributed by atoms with Crippen molar-refractivity contribution in [3.8, 4) is 5.75 Å². The predicted octanol–water partition coefficient (Wildman–Crippen LogP) is 5.18. The first-order valence-electron chi connectivity index (χ1n) is 13.1. The standard InChI is InChI=1S/C29H19F3N4O7S2/c30-29(31,32)15-2-1-3-16(12-15)33-20(37)13-43-19-10-4-14(5-11-19)21-22-24(44-25-23(21)45-28(40)34-25)27(39)35(26(22)38)17-6-8-18(9-7-17)36(41)42/h1-12,21-22,24H,13H2,(H,33,37)(H,34,40)/t21-,22?,24?/m1/s1. The zero-order valence-electron chi connectivity index (χ0n) is 22.6. The summed E-state index contributed by atoms with van der Waals surface area (Å²) in [5, 5.41) is 13.0. The number of carbonyl (C=O) groups excluding carboxylic acids is 3. The van der Waals surface area contributed by atoms with Crippen molar-refractivity contribution in [2.45, 2.75) is 22.4 Å². The molecule has 4 aromatic rings. The molecule has 45 heavy (non-hydrogen) atoms. The molecule has 2 aliphatic rings. The van der Waals surface area contributed by atoms with Crippen LogP contribution in [0.15, 0.2) is 82.6 Å². The number of nitrogens with one attached hydrogen (secondary N) is 2. The van der Waals surface area contributed by atoms with Crippen LogP contribution < -0.4 is 19.8 Å². The van der Waals surface area contributed by atoms with E-state index in [1.54, 1.807) is 12.1 Å². The molecule has 16 heteroatoms. The lowest BCUT2D eigenvalue weighted by molar-refractivity contribution is -0.384. The largest absolute Gasteiger partial charge is 0.484 e. The number of nitro groups is 1. The van der Waals surface area contributed by atoms with Crippen LogP contribution in [0.4, 0.5) is 30.2 Å². The fraction of sp³-hybridized carbons (Fsp3) is 0.172. The fourth-order valence-corrected chi connectivity index (χ4v) is 7.76. The summed E-state index contributed by atoms with van der Waals surface area (Å²) in [4.78, 5) is 66.4. The number of fused-ring (bicyclic) bond motifs is 2. The molecule has 0 saturated carbocycles. The topological polar surface area (TPSA) is 152 Å². The van der Waals surface area contributed by atoms with Crippen LogP contribution in [0.3, 0.4) is 0 Å². The van der Waals surface area contributed by atoms with Gasteiger partial charge >= 0.3 is 11.0 Å². The van der Waals surface area contributed by atoms with Crippen LogP contribution in [-0.2, 0) is 20.6 Å². The zero-order valence-corrected chi connectivity index (χ0v) is 24.2. The summed E-state index contributed by atoms with van der Waals surface area (Å²) in [5.41, 5.74) is -0.368. The van der Waals surface area contributed by atoms with E-state index in [0.717, 1.165) is 40.1 Å². The monoisotopic (exact) mass is 656 g/mol. The minimum Gasteiger partial charge on any atom is -0.484 e. The quantitative estimate of drug-likeness (QED) is 0.157. The maximum atomic E-state index is 13.8. The molecule has 2 N–H and O–H groups in total. The van der Waals surface area contributed by atoms with Crippen molar-refractivity contribution >= 4 is 57.9 Å². The summed E-state index contributed by atoms with van der Waals surface area (Å²) in [5.74, 6) is -3.04. The number of imide groups is 1. The predicted molar refractivity (Wildman–Crippen MR) is 158 cm³/mol. The van der Waals surface area contributed by atoms with Crippen molar-refractivity contribution in [2.24, 2.45) is 5.92 Å². The van der Waals surface area contributed by atoms with Crippen LogP contribution in [-0.4, -0.2) is 39.5 Å². The molecule has 3 amide bonds. The van der Waals surface area contributed by atoms with E-state index < -0.39 is 58.1 Å². The van der Waals surface area contributed by atoms with Gasteiger partial charge in [0.25, 0.3) is 11.6 Å². The summed E-state index contributed by atoms with van der Waals surface area (Å²) in [6.07, 6.45) is -4.56. The Kier molecular flexibility index (Phi) is 7.70. The van der Waals surface area contributed by atoms with Crippen molar-refractivity contribution < 1.29 is 37.2 Å². The van der Waals surface area contributed by atoms with E-state index in [2.05, 4.69) is 10.3 Å². The van der Waals surface area contributed by atoms with Gasteiger partial charge in [-0.2, -0.15) is 13.2 Å². The number of nitrogens with zero attached hydrogens (tertiary/aromatic N) is 2. The van der Waals surface area contributed by atoms with Gasteiger partial charge in [-0.3, -0.25) is 29.3 Å². The first-order chi connectivity index (χ1) is 21.4. The Morgan fingerprint density at radius 3 is 2.40 bits per heavy atom. The Labute approximate surface area is 259 Å². The normalized spacial score (nSPS) is 19.2. The van der Waals surface area contributed by atoms with Crippen LogP contribution in [0.2, 0.25) is 0 Å². The van der Waals surface area contributed by atoms with Crippen molar-refractivity contribution in [1.82, 2.24) is 4.98 Å². The average molecular weight is 657 g/mol. The number of aromatic amines is 1. The van der Waals surface area contributed by atoms with Gasteiger partial charge in [0.15, 0.2) is 6.61 Å². The molecule has 11 nitrogen and oxygen atoms in total. The molecule has 1 aromatic heterocycles. The minimum absolute atomic E-state index is 0.0432. The molecule has 3 heterocycles. The van der Waals surface area contributed by atoms with E-state index in [4.69, 9.17) is 4.74 Å². The molecular formula is C29H19F3N4O7S2. The smallest absolute Gasteiger partial charge is 0.416 e. The van der Waals surface area contributed by atoms with Crippen LogP contribution in [0.5, 0.6) is 5.75 Å². The number of H-pyrrole nitrogens is 1. The lowest BCUT2D eigenvalue weighted by Gasteiger charge is -2.29. The van der Waals surface area contributed by atoms with E-state index >= 15 is 0 Å². The minimum atomic E-state index is -4.56. The summed E-state index contributed by atoms with van der Waals surface area (Å²) in [7, 11) is 0. The number of anilines is 2. The number of non-ortho nitro benzene ring substituents is 1. The molecule has 3 atom stereocenters. The first-order valence-corrected chi connectivity index (χ1v) is 14.8. The fourth-order valence-electron chi connectivity index (χ4n) is 5.24. The molecule has 0 bridgehead atoms. The van der Waals surface area contributed by atoms with Crippen LogP contribution in [0.1, 0.15) is 21.9 Å². The molecule has 0 aliphatic carbocycles. The molecule has 1 fully saturated rings. The van der Waals surface area contributed by atoms with E-state index in [1.807, 2.05) is 0 Å². The SMILES string of the molecule is O=C(COc1ccc([C@H]2c3sc(=O)[nH]c3SC3C(=O)N(c4ccc([N+](=O)[O-])cc4)C(=O)C32)cc1)Nc1cccc(C(F)(F)F)c1. The van der Waals surface area contributed by atoms with Crippen molar-refractivity contribution in [1.29, 1.82) is 0 Å². The lowest BCUT2D eigenvalue weighted by Crippen LogP contribution is -2.32. The van der Waals surface area contributed by atoms with E-state index in [0.29, 0.717) is 15.5 Å². The second-order valence-electron chi connectivity index (χ2n) is 10.0. The highest BCUT2D eigenvalue weighted by Crippen LogP contribution is 2.53. The number of nitro benzene ring substituents is 1. The number of aromatic nitrogens is 1. The van der Waals surface area contributed by atoms with Gasteiger partial charge in [-0.1, -0.05) is 41.3 Å². The molecule has 0 spiro atoms. The number of thiazole rings is 1. The molecular weight excluding hydrogens is 637 g/mol. The maximum absolute atomic E-state index is 13.8. The molecule has 3 aromatic carbocycles. The van der Waals surface area contributed by atoms with Gasteiger partial charge in [-0.25, -0.2) is 4.90 Å². The van der Waals surface area contributed by atoms with E-state index in [9.17, 15) is 42.5 Å².